The molecule has 0 radical (unpaired) electrons. The highest BCUT2D eigenvalue weighted by molar-refractivity contribution is 6.31. The molecule has 100 valence electrons. The van der Waals surface area contributed by atoms with Crippen molar-refractivity contribution in [2.24, 2.45) is 7.05 Å². The summed E-state index contributed by atoms with van der Waals surface area (Å²) < 4.78 is 1.69. The molecule has 2 amide bonds. The van der Waals surface area contributed by atoms with Crippen molar-refractivity contribution >= 4 is 29.1 Å². The lowest BCUT2D eigenvalue weighted by Gasteiger charge is -2.07. The van der Waals surface area contributed by atoms with Crippen LogP contribution in [0.3, 0.4) is 0 Å². The Morgan fingerprint density at radius 1 is 1.26 bits per heavy atom. The number of amides is 2. The fourth-order valence-electron chi connectivity index (χ4n) is 1.57. The Bertz CT molecular complexity index is 602. The molecule has 0 aliphatic carbocycles. The normalized spacial score (nSPS) is 10.3. The summed E-state index contributed by atoms with van der Waals surface area (Å²) >= 11 is 5.99. The Balaban J connectivity index is 2.03. The molecule has 0 saturated heterocycles. The van der Waals surface area contributed by atoms with E-state index in [1.54, 1.807) is 22.9 Å². The van der Waals surface area contributed by atoms with E-state index in [1.165, 1.54) is 0 Å². The van der Waals surface area contributed by atoms with Crippen molar-refractivity contribution in [2.75, 3.05) is 10.6 Å². The molecule has 2 aromatic rings. The maximum absolute atomic E-state index is 11.8. The Hall–Kier alpha value is -2.01. The number of benzene rings is 1. The molecule has 1 aromatic heterocycles. The van der Waals surface area contributed by atoms with Crippen LogP contribution in [-0.4, -0.2) is 15.8 Å². The first-order valence-corrected chi connectivity index (χ1v) is 6.18. The van der Waals surface area contributed by atoms with E-state index in [4.69, 9.17) is 11.6 Å². The van der Waals surface area contributed by atoms with Crippen LogP contribution in [0.1, 0.15) is 11.3 Å². The number of carbonyl (C=O) groups excluding carboxylic acids is 1. The van der Waals surface area contributed by atoms with Gasteiger partial charge in [0, 0.05) is 29.5 Å². The molecule has 0 atom stereocenters. The average molecular weight is 279 g/mol. The zero-order valence-corrected chi connectivity index (χ0v) is 11.7. The Labute approximate surface area is 116 Å². The fraction of sp³-hybridized carbons (Fsp3) is 0.231. The molecule has 0 bridgehead atoms. The smallest absolute Gasteiger partial charge is 0.308 e. The summed E-state index contributed by atoms with van der Waals surface area (Å²) in [7, 11) is 1.82. The highest BCUT2D eigenvalue weighted by Gasteiger charge is 2.07. The number of carbonyl (C=O) groups is 1. The van der Waals surface area contributed by atoms with E-state index >= 15 is 0 Å². The standard InChI is InChI=1S/C13H15ClN4O/c1-8-4-5-10(7-11(8)14)15-13(19)16-12-6-9(2)18(3)17-12/h4-7H,1-3H3,(H2,15,16,17,19). The van der Waals surface area contributed by atoms with E-state index in [0.717, 1.165) is 11.3 Å². The molecule has 1 aromatic carbocycles. The first kappa shape index (κ1) is 13.4. The Morgan fingerprint density at radius 2 is 2.00 bits per heavy atom. The Kier molecular flexibility index (Phi) is 3.76. The lowest BCUT2D eigenvalue weighted by Crippen LogP contribution is -2.19. The first-order chi connectivity index (χ1) is 8.95. The van der Waals surface area contributed by atoms with E-state index in [-0.39, 0.29) is 6.03 Å². The van der Waals surface area contributed by atoms with Gasteiger partial charge in [-0.3, -0.25) is 10.00 Å². The van der Waals surface area contributed by atoms with Gasteiger partial charge in [0.25, 0.3) is 0 Å². The van der Waals surface area contributed by atoms with Gasteiger partial charge in [0.15, 0.2) is 5.82 Å². The number of hydrogen-bond acceptors (Lipinski definition) is 2. The van der Waals surface area contributed by atoms with Crippen molar-refractivity contribution in [1.29, 1.82) is 0 Å². The van der Waals surface area contributed by atoms with Gasteiger partial charge in [-0.1, -0.05) is 17.7 Å². The zero-order chi connectivity index (χ0) is 14.0. The van der Waals surface area contributed by atoms with Gasteiger partial charge in [0.2, 0.25) is 0 Å². The van der Waals surface area contributed by atoms with Crippen molar-refractivity contribution in [3.63, 3.8) is 0 Å². The molecule has 0 aliphatic heterocycles. The third-order valence-corrected chi connectivity index (χ3v) is 3.19. The maximum Gasteiger partial charge on any atom is 0.324 e. The average Bonchev–Trinajstić information content (AvgIpc) is 2.63. The van der Waals surface area contributed by atoms with E-state index < -0.39 is 0 Å². The van der Waals surface area contributed by atoms with Crippen LogP contribution < -0.4 is 10.6 Å². The second kappa shape index (κ2) is 5.32. The third kappa shape index (κ3) is 3.26. The van der Waals surface area contributed by atoms with Crippen LogP contribution in [0.5, 0.6) is 0 Å². The molecule has 2 N–H and O–H groups in total. The number of nitrogens with zero attached hydrogens (tertiary/aromatic N) is 2. The van der Waals surface area contributed by atoms with Crippen LogP contribution in [0.4, 0.5) is 16.3 Å². The van der Waals surface area contributed by atoms with Gasteiger partial charge in [-0.05, 0) is 31.5 Å². The van der Waals surface area contributed by atoms with Crippen molar-refractivity contribution in [3.05, 3.63) is 40.5 Å². The summed E-state index contributed by atoms with van der Waals surface area (Å²) in [5, 5.41) is 10.1. The first-order valence-electron chi connectivity index (χ1n) is 5.80. The lowest BCUT2D eigenvalue weighted by atomic mass is 10.2. The third-order valence-electron chi connectivity index (χ3n) is 2.79. The van der Waals surface area contributed by atoms with Crippen LogP contribution in [0.15, 0.2) is 24.3 Å². The highest BCUT2D eigenvalue weighted by atomic mass is 35.5. The predicted molar refractivity (Wildman–Crippen MR) is 76.8 cm³/mol. The van der Waals surface area contributed by atoms with Gasteiger partial charge in [-0.15, -0.1) is 0 Å². The molecule has 0 saturated carbocycles. The number of urea groups is 1. The fourth-order valence-corrected chi connectivity index (χ4v) is 1.75. The number of aromatic nitrogens is 2. The lowest BCUT2D eigenvalue weighted by molar-refractivity contribution is 0.262. The summed E-state index contributed by atoms with van der Waals surface area (Å²) in [4.78, 5) is 11.8. The number of hydrogen-bond donors (Lipinski definition) is 2. The monoisotopic (exact) mass is 278 g/mol. The maximum atomic E-state index is 11.8. The minimum Gasteiger partial charge on any atom is -0.308 e. The number of aryl methyl sites for hydroxylation is 3. The highest BCUT2D eigenvalue weighted by Crippen LogP contribution is 2.20. The summed E-state index contributed by atoms with van der Waals surface area (Å²) in [5.41, 5.74) is 2.57. The number of nitrogens with one attached hydrogen (secondary N) is 2. The summed E-state index contributed by atoms with van der Waals surface area (Å²) in [6.07, 6.45) is 0. The molecule has 0 unspecified atom stereocenters. The predicted octanol–water partition coefficient (Wildman–Crippen LogP) is 3.33. The van der Waals surface area contributed by atoms with Crippen molar-refractivity contribution in [3.8, 4) is 0 Å². The van der Waals surface area contributed by atoms with Crippen molar-refractivity contribution < 1.29 is 4.79 Å². The van der Waals surface area contributed by atoms with Crippen molar-refractivity contribution in [2.45, 2.75) is 13.8 Å². The molecule has 1 heterocycles. The molecule has 19 heavy (non-hydrogen) atoms. The molecular formula is C13H15ClN4O. The topological polar surface area (TPSA) is 59.0 Å². The largest absolute Gasteiger partial charge is 0.324 e. The number of rotatable bonds is 2. The molecule has 2 rings (SSSR count). The number of anilines is 2. The van der Waals surface area contributed by atoms with Gasteiger partial charge in [0.1, 0.15) is 0 Å². The van der Waals surface area contributed by atoms with E-state index in [0.29, 0.717) is 16.5 Å². The molecule has 0 aliphatic rings. The second-order valence-corrected chi connectivity index (χ2v) is 4.74. The van der Waals surface area contributed by atoms with Crippen LogP contribution in [0, 0.1) is 13.8 Å². The second-order valence-electron chi connectivity index (χ2n) is 4.34. The van der Waals surface area contributed by atoms with Crippen molar-refractivity contribution in [1.82, 2.24) is 9.78 Å². The van der Waals surface area contributed by atoms with Gasteiger partial charge in [0.05, 0.1) is 0 Å². The van der Waals surface area contributed by atoms with Gasteiger partial charge < -0.3 is 5.32 Å². The molecule has 0 spiro atoms. The quantitative estimate of drug-likeness (QED) is 0.885. The number of halogens is 1. The van der Waals surface area contributed by atoms with E-state index in [9.17, 15) is 4.79 Å². The minimum absolute atomic E-state index is 0.349. The molecule has 6 heteroatoms. The summed E-state index contributed by atoms with van der Waals surface area (Å²) in [5.74, 6) is 0.510. The van der Waals surface area contributed by atoms with Crippen LogP contribution in [-0.2, 0) is 7.05 Å². The Morgan fingerprint density at radius 3 is 2.58 bits per heavy atom. The molecule has 5 nitrogen and oxygen atoms in total. The zero-order valence-electron chi connectivity index (χ0n) is 11.0. The molecule has 0 fully saturated rings. The van der Waals surface area contributed by atoms with Gasteiger partial charge in [-0.2, -0.15) is 5.10 Å². The minimum atomic E-state index is -0.349. The summed E-state index contributed by atoms with van der Waals surface area (Å²) in [6.45, 7) is 3.82. The molecular weight excluding hydrogens is 264 g/mol. The summed E-state index contributed by atoms with van der Waals surface area (Å²) in [6, 6.07) is 6.80. The van der Waals surface area contributed by atoms with E-state index in [1.807, 2.05) is 27.0 Å². The SMILES string of the molecule is Cc1ccc(NC(=O)Nc2cc(C)n(C)n2)cc1Cl. The van der Waals surface area contributed by atoms with Crippen LogP contribution >= 0.6 is 11.6 Å². The van der Waals surface area contributed by atoms with E-state index in [2.05, 4.69) is 15.7 Å². The van der Waals surface area contributed by atoms with Crippen LogP contribution in [0.2, 0.25) is 5.02 Å². The van der Waals surface area contributed by atoms with Crippen LogP contribution in [0.25, 0.3) is 0 Å². The van der Waals surface area contributed by atoms with Gasteiger partial charge in [-0.25, -0.2) is 4.79 Å². The van der Waals surface area contributed by atoms with Gasteiger partial charge >= 0.3 is 6.03 Å².